The average molecular weight is 282 g/mol. The standard InChI is InChI=1S/C15H26N2O3/c1-11-2-6-15(7-3-11,14(19)20)17-13(18)10-12-4-8-16-9-5-12/h11-12,16H,2-10H2,1H3,(H,17,18)(H,19,20). The van der Waals surface area contributed by atoms with Crippen LogP contribution in [0.3, 0.4) is 0 Å². The van der Waals surface area contributed by atoms with Crippen molar-refractivity contribution in [1.29, 1.82) is 0 Å². The maximum atomic E-state index is 12.2. The van der Waals surface area contributed by atoms with Crippen LogP contribution in [0.4, 0.5) is 0 Å². The normalized spacial score (nSPS) is 31.8. The molecule has 0 radical (unpaired) electrons. The molecule has 5 heteroatoms. The molecule has 1 heterocycles. The van der Waals surface area contributed by atoms with Crippen LogP contribution in [0.5, 0.6) is 0 Å². The Labute approximate surface area is 120 Å². The molecule has 0 atom stereocenters. The summed E-state index contributed by atoms with van der Waals surface area (Å²) in [5.74, 6) is -0.00896. The monoisotopic (exact) mass is 282 g/mol. The van der Waals surface area contributed by atoms with Crippen molar-refractivity contribution in [2.45, 2.75) is 57.4 Å². The van der Waals surface area contributed by atoms with Crippen LogP contribution in [0.2, 0.25) is 0 Å². The van der Waals surface area contributed by atoms with Crippen molar-refractivity contribution in [3.63, 3.8) is 0 Å². The van der Waals surface area contributed by atoms with Gasteiger partial charge < -0.3 is 15.7 Å². The molecule has 0 spiro atoms. The SMILES string of the molecule is CC1CCC(NC(=O)CC2CCNCC2)(C(=O)O)CC1. The number of hydrogen-bond acceptors (Lipinski definition) is 3. The largest absolute Gasteiger partial charge is 0.480 e. The highest BCUT2D eigenvalue weighted by molar-refractivity contribution is 5.87. The predicted octanol–water partition coefficient (Wildman–Crippen LogP) is 1.53. The summed E-state index contributed by atoms with van der Waals surface area (Å²) < 4.78 is 0. The number of carboxylic acids is 1. The molecule has 3 N–H and O–H groups in total. The van der Waals surface area contributed by atoms with E-state index in [9.17, 15) is 14.7 Å². The van der Waals surface area contributed by atoms with Gasteiger partial charge in [0.2, 0.25) is 5.91 Å². The Bertz CT molecular complexity index is 356. The van der Waals surface area contributed by atoms with Crippen molar-refractivity contribution in [1.82, 2.24) is 10.6 Å². The fourth-order valence-corrected chi connectivity index (χ4v) is 3.31. The molecular formula is C15H26N2O3. The van der Waals surface area contributed by atoms with Gasteiger partial charge in [-0.25, -0.2) is 4.79 Å². The van der Waals surface area contributed by atoms with Gasteiger partial charge in [-0.1, -0.05) is 6.92 Å². The molecule has 2 aliphatic rings. The Morgan fingerprint density at radius 2 is 1.80 bits per heavy atom. The maximum Gasteiger partial charge on any atom is 0.329 e. The number of amides is 1. The lowest BCUT2D eigenvalue weighted by Gasteiger charge is -2.37. The highest BCUT2D eigenvalue weighted by atomic mass is 16.4. The molecular weight excluding hydrogens is 256 g/mol. The third kappa shape index (κ3) is 3.72. The zero-order chi connectivity index (χ0) is 14.6. The molecule has 1 saturated carbocycles. The molecule has 1 saturated heterocycles. The number of carbonyl (C=O) groups is 2. The minimum Gasteiger partial charge on any atom is -0.480 e. The van der Waals surface area contributed by atoms with E-state index in [0.717, 1.165) is 38.8 Å². The third-order valence-corrected chi connectivity index (χ3v) is 4.85. The van der Waals surface area contributed by atoms with Gasteiger partial charge in [0.25, 0.3) is 0 Å². The van der Waals surface area contributed by atoms with Gasteiger partial charge in [0.05, 0.1) is 0 Å². The first-order valence-corrected chi connectivity index (χ1v) is 7.77. The number of aliphatic carboxylic acids is 1. The van der Waals surface area contributed by atoms with Crippen molar-refractivity contribution in [2.24, 2.45) is 11.8 Å². The van der Waals surface area contributed by atoms with Crippen molar-refractivity contribution >= 4 is 11.9 Å². The number of hydrogen-bond donors (Lipinski definition) is 3. The van der Waals surface area contributed by atoms with E-state index in [4.69, 9.17) is 0 Å². The van der Waals surface area contributed by atoms with E-state index in [1.807, 2.05) is 0 Å². The van der Waals surface area contributed by atoms with E-state index < -0.39 is 11.5 Å². The van der Waals surface area contributed by atoms with Gasteiger partial charge in [0.1, 0.15) is 5.54 Å². The van der Waals surface area contributed by atoms with Gasteiger partial charge >= 0.3 is 5.97 Å². The second-order valence-electron chi connectivity index (χ2n) is 6.52. The van der Waals surface area contributed by atoms with Crippen molar-refractivity contribution in [3.05, 3.63) is 0 Å². The lowest BCUT2D eigenvalue weighted by molar-refractivity contribution is -0.149. The van der Waals surface area contributed by atoms with Crippen molar-refractivity contribution < 1.29 is 14.7 Å². The summed E-state index contributed by atoms with van der Waals surface area (Å²) in [4.78, 5) is 23.8. The summed E-state index contributed by atoms with van der Waals surface area (Å²) in [6.07, 6.45) is 5.34. The first-order valence-electron chi connectivity index (χ1n) is 7.77. The van der Waals surface area contributed by atoms with Gasteiger partial charge in [-0.05, 0) is 63.5 Å². The minimum absolute atomic E-state index is 0.0890. The van der Waals surface area contributed by atoms with Crippen LogP contribution in [-0.2, 0) is 9.59 Å². The number of carbonyl (C=O) groups excluding carboxylic acids is 1. The fourth-order valence-electron chi connectivity index (χ4n) is 3.31. The van der Waals surface area contributed by atoms with Crippen LogP contribution in [0, 0.1) is 11.8 Å². The van der Waals surface area contributed by atoms with E-state index in [0.29, 0.717) is 31.1 Å². The van der Waals surface area contributed by atoms with Crippen LogP contribution in [0.25, 0.3) is 0 Å². The van der Waals surface area contributed by atoms with Gasteiger partial charge in [0, 0.05) is 6.42 Å². The zero-order valence-corrected chi connectivity index (χ0v) is 12.3. The first kappa shape index (κ1) is 15.3. The third-order valence-electron chi connectivity index (χ3n) is 4.85. The second-order valence-corrected chi connectivity index (χ2v) is 6.52. The number of rotatable bonds is 4. The fraction of sp³-hybridized carbons (Fsp3) is 0.867. The van der Waals surface area contributed by atoms with Crippen LogP contribution in [-0.4, -0.2) is 35.6 Å². The molecule has 0 bridgehead atoms. The quantitative estimate of drug-likeness (QED) is 0.730. The van der Waals surface area contributed by atoms with Crippen molar-refractivity contribution in [2.75, 3.05) is 13.1 Å². The number of nitrogens with one attached hydrogen (secondary N) is 2. The zero-order valence-electron chi connectivity index (χ0n) is 12.3. The lowest BCUT2D eigenvalue weighted by Crippen LogP contribution is -2.56. The van der Waals surface area contributed by atoms with E-state index in [-0.39, 0.29) is 5.91 Å². The topological polar surface area (TPSA) is 78.4 Å². The van der Waals surface area contributed by atoms with Crippen LogP contribution >= 0.6 is 0 Å². The lowest BCUT2D eigenvalue weighted by atomic mass is 9.77. The van der Waals surface area contributed by atoms with E-state index >= 15 is 0 Å². The summed E-state index contributed by atoms with van der Waals surface area (Å²) in [5.41, 5.74) is -1.02. The predicted molar refractivity (Wildman–Crippen MR) is 76.4 cm³/mol. The second kappa shape index (κ2) is 6.57. The van der Waals surface area contributed by atoms with Crippen LogP contribution in [0.1, 0.15) is 51.9 Å². The average Bonchev–Trinajstić information content (AvgIpc) is 2.42. The van der Waals surface area contributed by atoms with Crippen LogP contribution < -0.4 is 10.6 Å². The summed E-state index contributed by atoms with van der Waals surface area (Å²) in [7, 11) is 0. The molecule has 0 unspecified atom stereocenters. The highest BCUT2D eigenvalue weighted by Gasteiger charge is 2.42. The van der Waals surface area contributed by atoms with E-state index in [1.165, 1.54) is 0 Å². The summed E-state index contributed by atoms with van der Waals surface area (Å²) in [6, 6.07) is 0. The maximum absolute atomic E-state index is 12.2. The molecule has 2 fully saturated rings. The number of carboxylic acid groups (broad SMARTS) is 1. The molecule has 1 aliphatic heterocycles. The Kier molecular flexibility index (Phi) is 5.02. The van der Waals surface area contributed by atoms with E-state index in [2.05, 4.69) is 17.6 Å². The molecule has 0 aromatic rings. The minimum atomic E-state index is -1.02. The Balaban J connectivity index is 1.90. The molecule has 1 aliphatic carbocycles. The number of piperidine rings is 1. The first-order chi connectivity index (χ1) is 9.52. The summed E-state index contributed by atoms with van der Waals surface area (Å²) >= 11 is 0. The Hall–Kier alpha value is -1.10. The Morgan fingerprint density at radius 3 is 2.35 bits per heavy atom. The van der Waals surface area contributed by atoms with Crippen LogP contribution in [0.15, 0.2) is 0 Å². The van der Waals surface area contributed by atoms with Crippen molar-refractivity contribution in [3.8, 4) is 0 Å². The molecule has 1 amide bonds. The molecule has 20 heavy (non-hydrogen) atoms. The van der Waals surface area contributed by atoms with Gasteiger partial charge in [-0.15, -0.1) is 0 Å². The molecule has 114 valence electrons. The highest BCUT2D eigenvalue weighted by Crippen LogP contribution is 2.32. The molecule has 5 nitrogen and oxygen atoms in total. The Morgan fingerprint density at radius 1 is 1.20 bits per heavy atom. The van der Waals surface area contributed by atoms with Gasteiger partial charge in [-0.3, -0.25) is 4.79 Å². The molecule has 2 rings (SSSR count). The summed E-state index contributed by atoms with van der Waals surface area (Å²) in [5, 5.41) is 15.6. The smallest absolute Gasteiger partial charge is 0.329 e. The summed E-state index contributed by atoms with van der Waals surface area (Å²) in [6.45, 7) is 4.06. The van der Waals surface area contributed by atoms with Gasteiger partial charge in [-0.2, -0.15) is 0 Å². The molecule has 0 aromatic heterocycles. The van der Waals surface area contributed by atoms with Gasteiger partial charge in [0.15, 0.2) is 0 Å². The van der Waals surface area contributed by atoms with E-state index in [1.54, 1.807) is 0 Å². The molecule has 0 aromatic carbocycles.